The van der Waals surface area contributed by atoms with Crippen molar-refractivity contribution in [2.24, 2.45) is 0 Å². The Morgan fingerprint density at radius 3 is 2.25 bits per heavy atom. The second-order valence-corrected chi connectivity index (χ2v) is 7.16. The molecule has 126 valence electrons. The lowest BCUT2D eigenvalue weighted by Crippen LogP contribution is -2.16. The molecule has 0 aliphatic rings. The van der Waals surface area contributed by atoms with Gasteiger partial charge in [-0.05, 0) is 50.2 Å². The second-order valence-electron chi connectivity index (χ2n) is 5.13. The van der Waals surface area contributed by atoms with Gasteiger partial charge in [-0.15, -0.1) is 0 Å². The van der Waals surface area contributed by atoms with E-state index in [1.807, 2.05) is 24.3 Å². The number of benzene rings is 2. The zero-order valence-electron chi connectivity index (χ0n) is 13.6. The van der Waals surface area contributed by atoms with Crippen LogP contribution < -0.4 is 11.0 Å². The molecule has 0 saturated carbocycles. The fourth-order valence-electron chi connectivity index (χ4n) is 2.62. The molecule has 0 aliphatic carbocycles. The fourth-order valence-corrected chi connectivity index (χ4v) is 4.19. The summed E-state index contributed by atoms with van der Waals surface area (Å²) in [5, 5.41) is 0.475. The summed E-state index contributed by atoms with van der Waals surface area (Å²) < 4.78 is 25.0. The summed E-state index contributed by atoms with van der Waals surface area (Å²) >= 11 is 0. The lowest BCUT2D eigenvalue weighted by molar-refractivity contribution is 0.230. The Balaban J connectivity index is 2.04. The van der Waals surface area contributed by atoms with Crippen LogP contribution in [0.1, 0.15) is 13.8 Å². The van der Waals surface area contributed by atoms with Crippen molar-refractivity contribution in [3.8, 4) is 5.69 Å². The topological polar surface area (TPSA) is 73.3 Å². The molecule has 0 atom stereocenters. The number of nitrogens with one attached hydrogen (secondary N) is 1. The van der Waals surface area contributed by atoms with E-state index >= 15 is 0 Å². The lowest BCUT2D eigenvalue weighted by atomic mass is 10.3. The molecule has 0 unspecified atom stereocenters. The van der Waals surface area contributed by atoms with Crippen molar-refractivity contribution < 1.29 is 13.6 Å². The summed E-state index contributed by atoms with van der Waals surface area (Å²) in [4.78, 5) is 15.0. The first-order valence-electron chi connectivity index (χ1n) is 7.79. The van der Waals surface area contributed by atoms with Crippen molar-refractivity contribution in [1.82, 2.24) is 9.55 Å². The molecule has 1 N–H and O–H groups in total. The Labute approximate surface area is 139 Å². The summed E-state index contributed by atoms with van der Waals surface area (Å²) in [6.45, 7) is 4.12. The van der Waals surface area contributed by atoms with Gasteiger partial charge in [0.2, 0.25) is 0 Å². The maximum absolute atomic E-state index is 12.8. The molecule has 0 spiro atoms. The smallest absolute Gasteiger partial charge is 0.305 e. The van der Waals surface area contributed by atoms with Gasteiger partial charge in [-0.2, -0.15) is 0 Å². The van der Waals surface area contributed by atoms with E-state index < -0.39 is 7.60 Å². The summed E-state index contributed by atoms with van der Waals surface area (Å²) in [6, 6.07) is 14.3. The van der Waals surface area contributed by atoms with Gasteiger partial charge in [-0.25, -0.2) is 4.79 Å². The van der Waals surface area contributed by atoms with Crippen LogP contribution in [0.4, 0.5) is 0 Å². The highest BCUT2D eigenvalue weighted by Crippen LogP contribution is 2.46. The van der Waals surface area contributed by atoms with E-state index in [0.717, 1.165) is 11.0 Å². The number of para-hydroxylation sites is 2. The number of hydrogen-bond donors (Lipinski definition) is 1. The molecule has 24 heavy (non-hydrogen) atoms. The molecule has 0 radical (unpaired) electrons. The summed E-state index contributed by atoms with van der Waals surface area (Å²) in [5.74, 6) is 0. The highest BCUT2D eigenvalue weighted by atomic mass is 31.2. The van der Waals surface area contributed by atoms with Gasteiger partial charge in [0.05, 0.1) is 35.2 Å². The maximum Gasteiger partial charge on any atom is 0.361 e. The first-order chi connectivity index (χ1) is 11.6. The first kappa shape index (κ1) is 16.7. The number of hydrogen-bond acceptors (Lipinski definition) is 4. The molecule has 7 heteroatoms. The van der Waals surface area contributed by atoms with Gasteiger partial charge in [0.15, 0.2) is 0 Å². The van der Waals surface area contributed by atoms with Crippen molar-refractivity contribution in [3.63, 3.8) is 0 Å². The normalized spacial score (nSPS) is 11.9. The second kappa shape index (κ2) is 6.77. The standard InChI is InChI=1S/C17H19N2O4P/c1-3-22-24(21,23-4-2)14-11-9-13(10-12-14)19-16-8-6-5-7-15(16)18-17(19)20/h5-12H,3-4H2,1-2H3,(H,18,20). The molecule has 3 rings (SSSR count). The van der Waals surface area contributed by atoms with Crippen molar-refractivity contribution in [2.45, 2.75) is 13.8 Å². The molecular formula is C17H19N2O4P. The van der Waals surface area contributed by atoms with E-state index in [2.05, 4.69) is 4.98 Å². The van der Waals surface area contributed by atoms with E-state index in [9.17, 15) is 9.36 Å². The molecule has 1 aromatic heterocycles. The molecular weight excluding hydrogens is 327 g/mol. The van der Waals surface area contributed by atoms with Gasteiger partial charge >= 0.3 is 13.3 Å². The molecule has 1 heterocycles. The zero-order valence-corrected chi connectivity index (χ0v) is 14.5. The molecule has 0 amide bonds. The average Bonchev–Trinajstić information content (AvgIpc) is 2.91. The van der Waals surface area contributed by atoms with E-state index in [0.29, 0.717) is 24.2 Å². The van der Waals surface area contributed by atoms with Crippen LogP contribution in [0.25, 0.3) is 16.7 Å². The summed E-state index contributed by atoms with van der Waals surface area (Å²) in [6.07, 6.45) is 0. The van der Waals surface area contributed by atoms with Crippen LogP contribution >= 0.6 is 7.60 Å². The molecule has 0 aliphatic heterocycles. The van der Waals surface area contributed by atoms with Gasteiger partial charge in [-0.1, -0.05) is 12.1 Å². The maximum atomic E-state index is 12.8. The Bertz CT molecular complexity index is 933. The van der Waals surface area contributed by atoms with Crippen LogP contribution in [0.2, 0.25) is 0 Å². The van der Waals surface area contributed by atoms with E-state index in [1.165, 1.54) is 0 Å². The van der Waals surface area contributed by atoms with Crippen LogP contribution in [-0.2, 0) is 13.6 Å². The molecule has 3 aromatic rings. The fraction of sp³-hybridized carbons (Fsp3) is 0.235. The average molecular weight is 346 g/mol. The summed E-state index contributed by atoms with van der Waals surface area (Å²) in [7, 11) is -3.32. The molecule has 0 bridgehead atoms. The predicted octanol–water partition coefficient (Wildman–Crippen LogP) is 3.21. The van der Waals surface area contributed by atoms with Gasteiger partial charge < -0.3 is 14.0 Å². The zero-order chi connectivity index (χ0) is 17.2. The van der Waals surface area contributed by atoms with Crippen molar-refractivity contribution in [1.29, 1.82) is 0 Å². The molecule has 0 saturated heterocycles. The molecule has 0 fully saturated rings. The van der Waals surface area contributed by atoms with Crippen molar-refractivity contribution in [3.05, 3.63) is 59.0 Å². The Hall–Kier alpha value is -2.14. The van der Waals surface area contributed by atoms with E-state index in [4.69, 9.17) is 9.05 Å². The number of aromatic amines is 1. The van der Waals surface area contributed by atoms with Gasteiger partial charge in [-0.3, -0.25) is 9.13 Å². The first-order valence-corrected chi connectivity index (χ1v) is 9.33. The monoisotopic (exact) mass is 346 g/mol. The highest BCUT2D eigenvalue weighted by Gasteiger charge is 2.26. The lowest BCUT2D eigenvalue weighted by Gasteiger charge is -2.17. The number of nitrogens with zero attached hydrogens (tertiary/aromatic N) is 1. The predicted molar refractivity (Wildman–Crippen MR) is 94.4 cm³/mol. The minimum atomic E-state index is -3.32. The Kier molecular flexibility index (Phi) is 4.71. The number of imidazole rings is 1. The van der Waals surface area contributed by atoms with Crippen molar-refractivity contribution in [2.75, 3.05) is 13.2 Å². The number of rotatable bonds is 6. The quantitative estimate of drug-likeness (QED) is 0.696. The minimum absolute atomic E-state index is 0.221. The van der Waals surface area contributed by atoms with Crippen LogP contribution in [0, 0.1) is 0 Å². The molecule has 2 aromatic carbocycles. The van der Waals surface area contributed by atoms with E-state index in [-0.39, 0.29) is 5.69 Å². The van der Waals surface area contributed by atoms with Crippen LogP contribution in [0.15, 0.2) is 53.3 Å². The number of fused-ring (bicyclic) bond motifs is 1. The third-order valence-corrected chi connectivity index (χ3v) is 5.74. The third kappa shape index (κ3) is 2.96. The third-order valence-electron chi connectivity index (χ3n) is 3.61. The molecule has 6 nitrogen and oxygen atoms in total. The summed E-state index contributed by atoms with van der Waals surface area (Å²) in [5.41, 5.74) is 2.01. The minimum Gasteiger partial charge on any atom is -0.305 e. The van der Waals surface area contributed by atoms with E-state index in [1.54, 1.807) is 42.7 Å². The largest absolute Gasteiger partial charge is 0.361 e. The Morgan fingerprint density at radius 1 is 1.00 bits per heavy atom. The SMILES string of the molecule is CCOP(=O)(OCC)c1ccc(-n2c(=O)[nH]c3ccccc32)cc1. The highest BCUT2D eigenvalue weighted by molar-refractivity contribution is 7.62. The van der Waals surface area contributed by atoms with Gasteiger partial charge in [0.1, 0.15) is 0 Å². The number of aromatic nitrogens is 2. The van der Waals surface area contributed by atoms with Gasteiger partial charge in [0, 0.05) is 0 Å². The van der Waals surface area contributed by atoms with Gasteiger partial charge in [0.25, 0.3) is 0 Å². The van der Waals surface area contributed by atoms with Crippen LogP contribution in [-0.4, -0.2) is 22.8 Å². The Morgan fingerprint density at radius 2 is 1.62 bits per heavy atom. The van der Waals surface area contributed by atoms with Crippen LogP contribution in [0.3, 0.4) is 0 Å². The van der Waals surface area contributed by atoms with Crippen molar-refractivity contribution >= 4 is 23.9 Å². The number of H-pyrrole nitrogens is 1. The van der Waals surface area contributed by atoms with Crippen LogP contribution in [0.5, 0.6) is 0 Å².